The van der Waals surface area contributed by atoms with Crippen LogP contribution in [0, 0.1) is 10.8 Å². The second-order valence-corrected chi connectivity index (χ2v) is 8.63. The zero-order chi connectivity index (χ0) is 23.6. The first-order valence-electron chi connectivity index (χ1n) is 10.6. The van der Waals surface area contributed by atoms with Gasteiger partial charge in [0.15, 0.2) is 5.82 Å². The van der Waals surface area contributed by atoms with E-state index in [0.717, 1.165) is 11.3 Å². The van der Waals surface area contributed by atoms with E-state index in [1.54, 1.807) is 17.2 Å². The van der Waals surface area contributed by atoms with E-state index in [0.29, 0.717) is 29.2 Å². The van der Waals surface area contributed by atoms with Crippen LogP contribution in [0.25, 0.3) is 0 Å². The van der Waals surface area contributed by atoms with Gasteiger partial charge in [0.2, 0.25) is 0 Å². The van der Waals surface area contributed by atoms with Crippen LogP contribution in [0.4, 0.5) is 22.0 Å². The normalized spacial score (nSPS) is 12.7. The van der Waals surface area contributed by atoms with Crippen LogP contribution in [0.2, 0.25) is 0 Å². The van der Waals surface area contributed by atoms with Crippen LogP contribution in [-0.4, -0.2) is 28.3 Å². The molecule has 33 heavy (non-hydrogen) atoms. The van der Waals surface area contributed by atoms with Gasteiger partial charge in [0.05, 0.1) is 11.4 Å². The Morgan fingerprint density at radius 2 is 1.85 bits per heavy atom. The summed E-state index contributed by atoms with van der Waals surface area (Å²) in [6, 6.07) is 18.4. The Bertz CT molecular complexity index is 1230. The van der Waals surface area contributed by atoms with Gasteiger partial charge in [-0.3, -0.25) is 15.7 Å². The fourth-order valence-electron chi connectivity index (χ4n) is 3.47. The van der Waals surface area contributed by atoms with Crippen molar-refractivity contribution >= 4 is 35.0 Å². The van der Waals surface area contributed by atoms with Crippen LogP contribution in [0.15, 0.2) is 66.9 Å². The first-order valence-corrected chi connectivity index (χ1v) is 10.6. The standard InChI is InChI=1S/C25H26N6O2.2H2/c1-25(2,3)33-24(32)29-15-16-10-12-17(13-11-16)21(26)31-20-9-6-14-28-23(20)30-19-8-5-4-7-18(19)22(31)27;;/h4-14,26-27H,15H2,1-3H3,(H,28,30)(H,29,32);2*1H. The Morgan fingerprint density at radius 1 is 1.12 bits per heavy atom. The van der Waals surface area contributed by atoms with Crippen molar-refractivity contribution in [1.82, 2.24) is 10.3 Å². The van der Waals surface area contributed by atoms with Crippen molar-refractivity contribution in [3.05, 3.63) is 83.6 Å². The zero-order valence-electron chi connectivity index (χ0n) is 18.8. The second kappa shape index (κ2) is 8.74. The molecule has 1 amide bonds. The molecule has 0 spiro atoms. The molecule has 2 aromatic carbocycles. The number of carbonyl (C=O) groups is 1. The van der Waals surface area contributed by atoms with Crippen LogP contribution in [-0.2, 0) is 11.3 Å². The maximum Gasteiger partial charge on any atom is 0.407 e. The molecule has 0 saturated carbocycles. The summed E-state index contributed by atoms with van der Waals surface area (Å²) < 4.78 is 5.26. The minimum atomic E-state index is -0.556. The molecule has 1 aromatic heterocycles. The van der Waals surface area contributed by atoms with Gasteiger partial charge in [-0.1, -0.05) is 36.4 Å². The fraction of sp³-hybridized carbons (Fsp3) is 0.200. The molecular weight excluding hydrogens is 416 g/mol. The summed E-state index contributed by atoms with van der Waals surface area (Å²) in [6.07, 6.45) is 1.20. The van der Waals surface area contributed by atoms with E-state index >= 15 is 0 Å². The number of hydrogen-bond acceptors (Lipinski definition) is 6. The molecule has 2 heterocycles. The van der Waals surface area contributed by atoms with Gasteiger partial charge < -0.3 is 15.4 Å². The molecule has 8 nitrogen and oxygen atoms in total. The van der Waals surface area contributed by atoms with Crippen molar-refractivity contribution in [2.24, 2.45) is 0 Å². The van der Waals surface area contributed by atoms with Gasteiger partial charge in [-0.25, -0.2) is 9.78 Å². The number of anilines is 3. The molecule has 0 radical (unpaired) electrons. The molecule has 3 aromatic rings. The minimum absolute atomic E-state index is 0. The minimum Gasteiger partial charge on any atom is -0.444 e. The summed E-state index contributed by atoms with van der Waals surface area (Å²) in [5, 5.41) is 23.8. The Balaban J connectivity index is 0.00000216. The van der Waals surface area contributed by atoms with Crippen LogP contribution in [0.3, 0.4) is 0 Å². The van der Waals surface area contributed by atoms with Crippen LogP contribution >= 0.6 is 0 Å². The number of nitrogens with one attached hydrogen (secondary N) is 4. The number of ether oxygens (including phenoxy) is 1. The summed E-state index contributed by atoms with van der Waals surface area (Å²) in [4.78, 5) is 17.9. The maximum atomic E-state index is 11.9. The molecule has 4 rings (SSSR count). The van der Waals surface area contributed by atoms with E-state index in [9.17, 15) is 4.79 Å². The van der Waals surface area contributed by atoms with E-state index in [1.807, 2.05) is 75.4 Å². The number of amidine groups is 2. The molecule has 4 N–H and O–H groups in total. The van der Waals surface area contributed by atoms with E-state index in [4.69, 9.17) is 15.6 Å². The number of pyridine rings is 1. The number of nitrogens with zero attached hydrogens (tertiary/aromatic N) is 2. The molecule has 0 saturated heterocycles. The summed E-state index contributed by atoms with van der Waals surface area (Å²) >= 11 is 0. The van der Waals surface area contributed by atoms with Crippen molar-refractivity contribution in [2.75, 3.05) is 10.2 Å². The topological polar surface area (TPSA) is 114 Å². The van der Waals surface area contributed by atoms with Gasteiger partial charge in [0, 0.05) is 26.7 Å². The lowest BCUT2D eigenvalue weighted by Crippen LogP contribution is -2.36. The number of fused-ring (bicyclic) bond motifs is 2. The quantitative estimate of drug-likeness (QED) is 0.313. The maximum absolute atomic E-state index is 11.9. The van der Waals surface area contributed by atoms with Crippen molar-refractivity contribution < 1.29 is 12.4 Å². The zero-order valence-corrected chi connectivity index (χ0v) is 18.8. The van der Waals surface area contributed by atoms with Crippen molar-refractivity contribution in [1.29, 1.82) is 10.8 Å². The third-order valence-electron chi connectivity index (χ3n) is 4.97. The fourth-order valence-corrected chi connectivity index (χ4v) is 3.47. The number of carbonyl (C=O) groups excluding carboxylic acids is 1. The molecule has 172 valence electrons. The molecule has 8 heteroatoms. The highest BCUT2D eigenvalue weighted by Gasteiger charge is 2.28. The molecule has 1 aliphatic rings. The van der Waals surface area contributed by atoms with E-state index < -0.39 is 11.7 Å². The summed E-state index contributed by atoms with van der Waals surface area (Å²) in [5.41, 5.74) is 3.02. The lowest BCUT2D eigenvalue weighted by atomic mass is 10.1. The largest absolute Gasteiger partial charge is 0.444 e. The number of para-hydroxylation sites is 1. The predicted molar refractivity (Wildman–Crippen MR) is 134 cm³/mol. The van der Waals surface area contributed by atoms with E-state index in [-0.39, 0.29) is 14.5 Å². The average molecular weight is 447 g/mol. The van der Waals surface area contributed by atoms with Crippen molar-refractivity contribution in [2.45, 2.75) is 32.9 Å². The number of aromatic nitrogens is 1. The SMILES string of the molecule is CC(C)(C)OC(=O)NCc1ccc(C(=N)N2C(=N)c3ccccc3Nc3ncccc32)cc1.[HH].[HH]. The Hall–Kier alpha value is -4.20. The highest BCUT2D eigenvalue weighted by Crippen LogP contribution is 2.34. The number of amides is 1. The van der Waals surface area contributed by atoms with Crippen LogP contribution < -0.4 is 15.5 Å². The molecule has 0 unspecified atom stereocenters. The highest BCUT2D eigenvalue weighted by atomic mass is 16.6. The Kier molecular flexibility index (Phi) is 5.83. The predicted octanol–water partition coefficient (Wildman–Crippen LogP) is 5.51. The Morgan fingerprint density at radius 3 is 2.58 bits per heavy atom. The summed E-state index contributed by atoms with van der Waals surface area (Å²) in [5.74, 6) is 0.917. The van der Waals surface area contributed by atoms with Crippen molar-refractivity contribution in [3.63, 3.8) is 0 Å². The highest BCUT2D eigenvalue weighted by molar-refractivity contribution is 6.30. The first-order chi connectivity index (χ1) is 15.7. The van der Waals surface area contributed by atoms with Gasteiger partial charge in [-0.2, -0.15) is 0 Å². The molecule has 1 aliphatic heterocycles. The number of benzene rings is 2. The lowest BCUT2D eigenvalue weighted by Gasteiger charge is -2.25. The monoisotopic (exact) mass is 446 g/mol. The third-order valence-corrected chi connectivity index (χ3v) is 4.97. The Labute approximate surface area is 195 Å². The van der Waals surface area contributed by atoms with E-state index in [2.05, 4.69) is 15.6 Å². The summed E-state index contributed by atoms with van der Waals surface area (Å²) in [6.45, 7) is 5.76. The van der Waals surface area contributed by atoms with Crippen LogP contribution in [0.1, 0.15) is 40.3 Å². The van der Waals surface area contributed by atoms with E-state index in [1.165, 1.54) is 0 Å². The number of hydrogen-bond donors (Lipinski definition) is 4. The second-order valence-electron chi connectivity index (χ2n) is 8.63. The first kappa shape index (κ1) is 22.0. The van der Waals surface area contributed by atoms with Crippen molar-refractivity contribution in [3.8, 4) is 0 Å². The average Bonchev–Trinajstić information content (AvgIpc) is 2.90. The van der Waals surface area contributed by atoms with Gasteiger partial charge in [-0.15, -0.1) is 0 Å². The van der Waals surface area contributed by atoms with Gasteiger partial charge >= 0.3 is 6.09 Å². The van der Waals surface area contributed by atoms with Gasteiger partial charge in [-0.05, 0) is 50.6 Å². The number of rotatable bonds is 3. The molecule has 0 bridgehead atoms. The number of alkyl carbamates (subject to hydrolysis) is 1. The third kappa shape index (κ3) is 4.85. The van der Waals surface area contributed by atoms with Crippen LogP contribution in [0.5, 0.6) is 0 Å². The molecule has 0 atom stereocenters. The summed E-state index contributed by atoms with van der Waals surface area (Å²) in [7, 11) is 0. The molecular formula is C25H30N6O2. The smallest absolute Gasteiger partial charge is 0.407 e. The van der Waals surface area contributed by atoms with Gasteiger partial charge in [0.1, 0.15) is 17.3 Å². The molecule has 0 fully saturated rings. The molecule has 0 aliphatic carbocycles. The van der Waals surface area contributed by atoms with Gasteiger partial charge in [0.25, 0.3) is 0 Å². The lowest BCUT2D eigenvalue weighted by molar-refractivity contribution is 0.0523.